The van der Waals surface area contributed by atoms with E-state index in [9.17, 15) is 0 Å². The van der Waals surface area contributed by atoms with E-state index in [1.54, 1.807) is 10.5 Å². The molecule has 0 N–H and O–H groups in total. The van der Waals surface area contributed by atoms with Crippen molar-refractivity contribution in [2.45, 2.75) is 67.9 Å². The lowest BCUT2D eigenvalue weighted by Crippen LogP contribution is -2.21. The van der Waals surface area contributed by atoms with Crippen LogP contribution in [-0.2, 0) is 0 Å². The first kappa shape index (κ1) is 12.9. The minimum atomic E-state index is 0.770. The topological polar surface area (TPSA) is 0 Å². The molecule has 1 heterocycles. The number of benzene rings is 1. The van der Waals surface area contributed by atoms with E-state index in [-0.39, 0.29) is 0 Å². The minimum absolute atomic E-state index is 0.770. The first-order valence-corrected chi connectivity index (χ1v) is 8.32. The first-order chi connectivity index (χ1) is 8.50. The number of fused-ring (bicyclic) bond motifs is 3. The van der Waals surface area contributed by atoms with Gasteiger partial charge in [0, 0.05) is 15.0 Å². The number of hydrogen-bond donors (Lipinski definition) is 1. The lowest BCUT2D eigenvalue weighted by atomic mass is 9.78. The molecular formula is C16H22S2. The fraction of sp³-hybridized carbons (Fsp3) is 0.625. The Hall–Kier alpha value is -0.0800. The molecule has 0 radical (unpaired) electrons. The molecule has 1 aliphatic heterocycles. The van der Waals surface area contributed by atoms with Crippen LogP contribution in [0.3, 0.4) is 0 Å². The van der Waals surface area contributed by atoms with E-state index in [0.717, 1.165) is 17.1 Å². The number of rotatable bonds is 0. The molecular weight excluding hydrogens is 256 g/mol. The summed E-state index contributed by atoms with van der Waals surface area (Å²) in [5, 5.41) is 0.814. The molecule has 2 aliphatic rings. The van der Waals surface area contributed by atoms with Crippen molar-refractivity contribution in [2.75, 3.05) is 0 Å². The normalized spacial score (nSPS) is 30.2. The summed E-state index contributed by atoms with van der Waals surface area (Å²) >= 11 is 6.98. The summed E-state index contributed by atoms with van der Waals surface area (Å²) in [6, 6.07) is 0. The number of thioether (sulfide) groups is 1. The maximum absolute atomic E-state index is 4.84. The molecule has 3 unspecified atom stereocenters. The van der Waals surface area contributed by atoms with E-state index in [2.05, 4.69) is 39.5 Å². The summed E-state index contributed by atoms with van der Waals surface area (Å²) in [6.07, 6.45) is 4.14. The highest BCUT2D eigenvalue weighted by Gasteiger charge is 2.39. The summed E-state index contributed by atoms with van der Waals surface area (Å²) in [7, 11) is 0. The van der Waals surface area contributed by atoms with Crippen LogP contribution in [0.5, 0.6) is 0 Å². The van der Waals surface area contributed by atoms with Crippen molar-refractivity contribution in [3.63, 3.8) is 0 Å². The van der Waals surface area contributed by atoms with E-state index < -0.39 is 0 Å². The lowest BCUT2D eigenvalue weighted by Gasteiger charge is -2.30. The van der Waals surface area contributed by atoms with Gasteiger partial charge in [-0.05, 0) is 67.7 Å². The van der Waals surface area contributed by atoms with E-state index in [0.29, 0.717) is 0 Å². The van der Waals surface area contributed by atoms with E-state index >= 15 is 0 Å². The molecule has 0 bridgehead atoms. The Balaban J connectivity index is 2.13. The zero-order valence-electron chi connectivity index (χ0n) is 11.7. The Morgan fingerprint density at radius 1 is 1.06 bits per heavy atom. The highest BCUT2D eigenvalue weighted by molar-refractivity contribution is 8.00. The van der Waals surface area contributed by atoms with E-state index in [4.69, 9.17) is 12.6 Å². The van der Waals surface area contributed by atoms with Gasteiger partial charge < -0.3 is 0 Å². The van der Waals surface area contributed by atoms with Crippen LogP contribution in [0.2, 0.25) is 0 Å². The van der Waals surface area contributed by atoms with Gasteiger partial charge in [0.05, 0.1) is 0 Å². The monoisotopic (exact) mass is 278 g/mol. The van der Waals surface area contributed by atoms with Crippen LogP contribution in [0.1, 0.15) is 54.4 Å². The molecule has 3 rings (SSSR count). The molecule has 0 amide bonds. The average molecular weight is 278 g/mol. The van der Waals surface area contributed by atoms with Crippen molar-refractivity contribution >= 4 is 24.4 Å². The molecule has 1 aromatic rings. The van der Waals surface area contributed by atoms with Crippen molar-refractivity contribution in [1.29, 1.82) is 0 Å². The molecule has 0 nitrogen and oxygen atoms in total. The van der Waals surface area contributed by atoms with Gasteiger partial charge in [0.25, 0.3) is 0 Å². The molecule has 0 saturated heterocycles. The molecule has 0 aromatic heterocycles. The summed E-state index contributed by atoms with van der Waals surface area (Å²) in [6.45, 7) is 9.18. The Kier molecular flexibility index (Phi) is 3.22. The molecule has 0 spiro atoms. The van der Waals surface area contributed by atoms with Crippen molar-refractivity contribution in [1.82, 2.24) is 0 Å². The molecule has 1 fully saturated rings. The molecule has 98 valence electrons. The van der Waals surface area contributed by atoms with Gasteiger partial charge in [-0.1, -0.05) is 13.3 Å². The van der Waals surface area contributed by atoms with Gasteiger partial charge in [-0.2, -0.15) is 0 Å². The quantitative estimate of drug-likeness (QED) is 0.630. The standard InChI is InChI=1S/C16H22S2/c1-8-5-6-12-13(7-8)18-16-11(4)9(2)10(3)15(17)14(12)16/h8,12-13,17H,5-7H2,1-4H3. The third-order valence-electron chi connectivity index (χ3n) is 5.01. The maximum atomic E-state index is 4.84. The van der Waals surface area contributed by atoms with Crippen LogP contribution in [0.25, 0.3) is 0 Å². The highest BCUT2D eigenvalue weighted by atomic mass is 32.2. The summed E-state index contributed by atoms with van der Waals surface area (Å²) in [4.78, 5) is 2.84. The zero-order valence-corrected chi connectivity index (χ0v) is 13.4. The Bertz CT molecular complexity index is 505. The van der Waals surface area contributed by atoms with Crippen LogP contribution in [0.4, 0.5) is 0 Å². The lowest BCUT2D eigenvalue weighted by molar-refractivity contribution is 0.359. The van der Waals surface area contributed by atoms with Gasteiger partial charge in [-0.15, -0.1) is 24.4 Å². The maximum Gasteiger partial charge on any atom is 0.0167 e. The smallest absolute Gasteiger partial charge is 0.0167 e. The molecule has 18 heavy (non-hydrogen) atoms. The van der Waals surface area contributed by atoms with Gasteiger partial charge in [-0.3, -0.25) is 0 Å². The molecule has 1 saturated carbocycles. The molecule has 1 aliphatic carbocycles. The highest BCUT2D eigenvalue weighted by Crippen LogP contribution is 2.56. The third-order valence-corrected chi connectivity index (χ3v) is 7.18. The summed E-state index contributed by atoms with van der Waals surface area (Å²) in [5.41, 5.74) is 5.93. The van der Waals surface area contributed by atoms with Crippen LogP contribution in [0.15, 0.2) is 9.79 Å². The van der Waals surface area contributed by atoms with Crippen LogP contribution >= 0.6 is 24.4 Å². The van der Waals surface area contributed by atoms with E-state index in [1.165, 1.54) is 40.8 Å². The molecule has 1 aromatic carbocycles. The third kappa shape index (κ3) is 1.76. The minimum Gasteiger partial charge on any atom is -0.143 e. The predicted octanol–water partition coefficient (Wildman–Crippen LogP) is 5.28. The van der Waals surface area contributed by atoms with Crippen molar-refractivity contribution in [3.8, 4) is 0 Å². The second-order valence-electron chi connectivity index (χ2n) is 6.15. The number of hydrogen-bond acceptors (Lipinski definition) is 2. The van der Waals surface area contributed by atoms with Crippen LogP contribution in [0, 0.1) is 26.7 Å². The molecule has 2 heteroatoms. The largest absolute Gasteiger partial charge is 0.143 e. The van der Waals surface area contributed by atoms with Gasteiger partial charge in [-0.25, -0.2) is 0 Å². The van der Waals surface area contributed by atoms with Crippen LogP contribution < -0.4 is 0 Å². The van der Waals surface area contributed by atoms with Gasteiger partial charge in [0.1, 0.15) is 0 Å². The zero-order chi connectivity index (χ0) is 13.0. The summed E-state index contributed by atoms with van der Waals surface area (Å²) in [5.74, 6) is 1.67. The fourth-order valence-corrected chi connectivity index (χ4v) is 5.97. The first-order valence-electron chi connectivity index (χ1n) is 7.00. The molecule has 3 atom stereocenters. The van der Waals surface area contributed by atoms with Crippen molar-refractivity contribution in [2.24, 2.45) is 5.92 Å². The Labute approximate surface area is 120 Å². The number of thiol groups is 1. The second kappa shape index (κ2) is 4.49. The SMILES string of the molecule is Cc1c(C)c(S)c2c(c1C)SC1CC(C)CCC21. The summed E-state index contributed by atoms with van der Waals surface area (Å²) < 4.78 is 0. The van der Waals surface area contributed by atoms with E-state index in [1.807, 2.05) is 0 Å². The second-order valence-corrected chi connectivity index (χ2v) is 7.84. The van der Waals surface area contributed by atoms with Crippen LogP contribution in [-0.4, -0.2) is 5.25 Å². The average Bonchev–Trinajstić information content (AvgIpc) is 2.72. The van der Waals surface area contributed by atoms with Crippen molar-refractivity contribution < 1.29 is 0 Å². The Morgan fingerprint density at radius 3 is 2.50 bits per heavy atom. The van der Waals surface area contributed by atoms with Crippen molar-refractivity contribution in [3.05, 3.63) is 22.3 Å². The predicted molar refractivity (Wildman–Crippen MR) is 83.3 cm³/mol. The van der Waals surface area contributed by atoms with Gasteiger partial charge in [0.2, 0.25) is 0 Å². The van der Waals surface area contributed by atoms with Gasteiger partial charge >= 0.3 is 0 Å². The van der Waals surface area contributed by atoms with Gasteiger partial charge in [0.15, 0.2) is 0 Å². The Morgan fingerprint density at radius 2 is 1.78 bits per heavy atom. The fourth-order valence-electron chi connectivity index (χ4n) is 3.58.